The molecule has 1 aliphatic heterocycles. The lowest BCUT2D eigenvalue weighted by molar-refractivity contribution is -0.137. The molecule has 1 unspecified atom stereocenters. The highest BCUT2D eigenvalue weighted by Crippen LogP contribution is 2.37. The van der Waals surface area contributed by atoms with E-state index >= 15 is 0 Å². The van der Waals surface area contributed by atoms with Gasteiger partial charge in [-0.05, 0) is 25.5 Å². The van der Waals surface area contributed by atoms with Crippen molar-refractivity contribution in [2.45, 2.75) is 37.2 Å². The second-order valence-corrected chi connectivity index (χ2v) is 7.10. The Morgan fingerprint density at radius 3 is 2.90 bits per heavy atom. The normalized spacial score (nSPS) is 17.3. The average Bonchev–Trinajstić information content (AvgIpc) is 2.75. The van der Waals surface area contributed by atoms with E-state index in [0.717, 1.165) is 5.56 Å². The van der Waals surface area contributed by atoms with Gasteiger partial charge in [0.2, 0.25) is 10.0 Å². The van der Waals surface area contributed by atoms with Crippen molar-refractivity contribution in [1.82, 2.24) is 4.72 Å². The van der Waals surface area contributed by atoms with Crippen molar-refractivity contribution >= 4 is 27.6 Å². The van der Waals surface area contributed by atoms with Crippen molar-refractivity contribution in [3.05, 3.63) is 22.7 Å². The lowest BCUT2D eigenvalue weighted by atomic mass is 10.1. The molecule has 1 aromatic rings. The van der Waals surface area contributed by atoms with E-state index in [1.165, 1.54) is 6.07 Å². The number of sulfonamides is 1. The average molecular weight is 334 g/mol. The highest BCUT2D eigenvalue weighted by Gasteiger charge is 2.25. The van der Waals surface area contributed by atoms with Crippen LogP contribution in [0.25, 0.3) is 0 Å². The molecule has 0 amide bonds. The van der Waals surface area contributed by atoms with Gasteiger partial charge >= 0.3 is 5.97 Å². The first kappa shape index (κ1) is 16.1. The molecule has 1 atom stereocenters. The van der Waals surface area contributed by atoms with Crippen molar-refractivity contribution < 1.29 is 23.1 Å². The standard InChI is InChI=1S/C13H16ClNO5S/c1-8-5-9-6-10(7-11(14)13(9)20-8)21(18,19)15-4-2-3-12(16)17/h6-8,15H,2-5H2,1H3,(H,16,17). The number of hydrogen-bond donors (Lipinski definition) is 2. The number of nitrogens with one attached hydrogen (secondary N) is 1. The summed E-state index contributed by atoms with van der Waals surface area (Å²) in [4.78, 5) is 10.5. The maximum atomic E-state index is 12.2. The maximum absolute atomic E-state index is 12.2. The summed E-state index contributed by atoms with van der Waals surface area (Å²) in [6, 6.07) is 2.89. The number of ether oxygens (including phenoxy) is 1. The van der Waals surface area contributed by atoms with Crippen LogP contribution in [0.2, 0.25) is 5.02 Å². The molecular weight excluding hydrogens is 318 g/mol. The third-order valence-corrected chi connectivity index (χ3v) is 4.81. The van der Waals surface area contributed by atoms with Crippen LogP contribution in [-0.2, 0) is 21.2 Å². The number of rotatable bonds is 6. The van der Waals surface area contributed by atoms with Crippen molar-refractivity contribution in [3.8, 4) is 5.75 Å². The molecule has 1 aliphatic rings. The molecule has 0 radical (unpaired) electrons. The minimum absolute atomic E-state index is 0.0287. The van der Waals surface area contributed by atoms with Crippen LogP contribution in [0.15, 0.2) is 17.0 Å². The quantitative estimate of drug-likeness (QED) is 0.774. The van der Waals surface area contributed by atoms with Gasteiger partial charge in [0.25, 0.3) is 0 Å². The SMILES string of the molecule is CC1Cc2cc(S(=O)(=O)NCCCC(=O)O)cc(Cl)c2O1. The van der Waals surface area contributed by atoms with Crippen LogP contribution in [0, 0.1) is 0 Å². The van der Waals surface area contributed by atoms with Crippen LogP contribution in [0.5, 0.6) is 5.75 Å². The Hall–Kier alpha value is -1.31. The Morgan fingerprint density at radius 1 is 1.52 bits per heavy atom. The molecule has 0 aromatic heterocycles. The zero-order valence-corrected chi connectivity index (χ0v) is 13.0. The summed E-state index contributed by atoms with van der Waals surface area (Å²) in [5, 5.41) is 8.78. The summed E-state index contributed by atoms with van der Waals surface area (Å²) in [5.74, 6) is -0.421. The van der Waals surface area contributed by atoms with Crippen molar-refractivity contribution in [3.63, 3.8) is 0 Å². The summed E-state index contributed by atoms with van der Waals surface area (Å²) in [7, 11) is -3.70. The van der Waals surface area contributed by atoms with E-state index in [2.05, 4.69) is 4.72 Å². The van der Waals surface area contributed by atoms with Gasteiger partial charge in [-0.25, -0.2) is 13.1 Å². The molecule has 21 heavy (non-hydrogen) atoms. The van der Waals surface area contributed by atoms with Crippen LogP contribution < -0.4 is 9.46 Å². The summed E-state index contributed by atoms with van der Waals surface area (Å²) in [6.45, 7) is 1.95. The summed E-state index contributed by atoms with van der Waals surface area (Å²) < 4.78 is 32.2. The second kappa shape index (κ2) is 6.21. The van der Waals surface area contributed by atoms with Gasteiger partial charge in [0.05, 0.1) is 9.92 Å². The van der Waals surface area contributed by atoms with Crippen LogP contribution in [0.1, 0.15) is 25.3 Å². The van der Waals surface area contributed by atoms with Gasteiger partial charge in [-0.1, -0.05) is 11.6 Å². The summed E-state index contributed by atoms with van der Waals surface area (Å²) in [6.07, 6.45) is 0.725. The first-order chi connectivity index (χ1) is 9.79. The molecule has 0 saturated heterocycles. The Bertz CT molecular complexity index is 659. The number of fused-ring (bicyclic) bond motifs is 1. The van der Waals surface area contributed by atoms with Gasteiger partial charge in [-0.15, -0.1) is 0 Å². The fourth-order valence-corrected chi connectivity index (χ4v) is 3.64. The van der Waals surface area contributed by atoms with Gasteiger partial charge in [0.15, 0.2) is 0 Å². The van der Waals surface area contributed by atoms with Crippen LogP contribution >= 0.6 is 11.6 Å². The topological polar surface area (TPSA) is 92.7 Å². The maximum Gasteiger partial charge on any atom is 0.303 e. The summed E-state index contributed by atoms with van der Waals surface area (Å²) in [5.41, 5.74) is 0.765. The monoisotopic (exact) mass is 333 g/mol. The second-order valence-electron chi connectivity index (χ2n) is 4.92. The van der Waals surface area contributed by atoms with Crippen molar-refractivity contribution in [2.24, 2.45) is 0 Å². The largest absolute Gasteiger partial charge is 0.489 e. The minimum Gasteiger partial charge on any atom is -0.489 e. The third-order valence-electron chi connectivity index (χ3n) is 3.09. The molecule has 2 N–H and O–H groups in total. The van der Waals surface area contributed by atoms with Crippen molar-refractivity contribution in [2.75, 3.05) is 6.54 Å². The lowest BCUT2D eigenvalue weighted by Crippen LogP contribution is -2.25. The van der Waals surface area contributed by atoms with E-state index in [9.17, 15) is 13.2 Å². The first-order valence-corrected chi connectivity index (χ1v) is 8.36. The van der Waals surface area contributed by atoms with Gasteiger partial charge in [0, 0.05) is 24.9 Å². The minimum atomic E-state index is -3.70. The van der Waals surface area contributed by atoms with Gasteiger partial charge < -0.3 is 9.84 Å². The highest BCUT2D eigenvalue weighted by molar-refractivity contribution is 7.89. The number of benzene rings is 1. The zero-order chi connectivity index (χ0) is 15.6. The fourth-order valence-electron chi connectivity index (χ4n) is 2.14. The molecule has 0 saturated carbocycles. The first-order valence-electron chi connectivity index (χ1n) is 6.50. The Morgan fingerprint density at radius 2 is 2.24 bits per heavy atom. The molecule has 6 nitrogen and oxygen atoms in total. The highest BCUT2D eigenvalue weighted by atomic mass is 35.5. The Labute approximate surface area is 128 Å². The van der Waals surface area contributed by atoms with Gasteiger partial charge in [0.1, 0.15) is 11.9 Å². The summed E-state index contributed by atoms with van der Waals surface area (Å²) >= 11 is 6.05. The number of carboxylic acids is 1. The molecule has 0 fully saturated rings. The fraction of sp³-hybridized carbons (Fsp3) is 0.462. The number of aliphatic carboxylic acids is 1. The van der Waals surface area contributed by atoms with Crippen LogP contribution in [0.3, 0.4) is 0 Å². The van der Waals surface area contributed by atoms with Gasteiger partial charge in [-0.2, -0.15) is 0 Å². The van der Waals surface area contributed by atoms with Gasteiger partial charge in [-0.3, -0.25) is 4.79 Å². The van der Waals surface area contributed by atoms with E-state index in [1.54, 1.807) is 6.07 Å². The van der Waals surface area contributed by atoms with E-state index < -0.39 is 16.0 Å². The molecule has 1 aromatic carbocycles. The smallest absolute Gasteiger partial charge is 0.303 e. The van der Waals surface area contributed by atoms with Crippen LogP contribution in [0.4, 0.5) is 0 Å². The predicted octanol–water partition coefficient (Wildman–Crippen LogP) is 1.81. The number of hydrogen-bond acceptors (Lipinski definition) is 4. The van der Waals surface area contributed by atoms with Crippen LogP contribution in [-0.4, -0.2) is 32.1 Å². The van der Waals surface area contributed by atoms with E-state index in [0.29, 0.717) is 12.2 Å². The molecule has 0 spiro atoms. The third kappa shape index (κ3) is 3.87. The zero-order valence-electron chi connectivity index (χ0n) is 11.4. The lowest BCUT2D eigenvalue weighted by Gasteiger charge is -2.09. The van der Waals surface area contributed by atoms with Crippen molar-refractivity contribution in [1.29, 1.82) is 0 Å². The van der Waals surface area contributed by atoms with E-state index in [1.807, 2.05) is 6.92 Å². The molecule has 1 heterocycles. The van der Waals surface area contributed by atoms with E-state index in [4.69, 9.17) is 21.4 Å². The number of carboxylic acid groups (broad SMARTS) is 1. The molecule has 0 bridgehead atoms. The molecule has 8 heteroatoms. The predicted molar refractivity (Wildman–Crippen MR) is 77.3 cm³/mol. The Kier molecular flexibility index (Phi) is 4.75. The molecule has 0 aliphatic carbocycles. The molecule has 2 rings (SSSR count). The van der Waals surface area contributed by atoms with E-state index in [-0.39, 0.29) is 35.4 Å². The molecular formula is C13H16ClNO5S. The Balaban J connectivity index is 2.12. The number of halogens is 1. The molecule has 116 valence electrons. The number of carbonyl (C=O) groups is 1.